The van der Waals surface area contributed by atoms with Crippen molar-refractivity contribution in [1.82, 2.24) is 0 Å². The second-order valence-corrected chi connectivity index (χ2v) is 5.60. The normalized spacial score (nSPS) is 16.1. The Morgan fingerprint density at radius 3 is 1.57 bits per heavy atom. The van der Waals surface area contributed by atoms with Crippen LogP contribution in [0.15, 0.2) is 0 Å². The van der Waals surface area contributed by atoms with Gasteiger partial charge in [0, 0.05) is 10.8 Å². The van der Waals surface area contributed by atoms with E-state index in [1.54, 1.807) is 0 Å². The van der Waals surface area contributed by atoms with Gasteiger partial charge >= 0.3 is 0 Å². The van der Waals surface area contributed by atoms with Gasteiger partial charge in [-0.05, 0) is 20.8 Å². The first-order valence-corrected chi connectivity index (χ1v) is 4.76. The van der Waals surface area contributed by atoms with E-state index in [9.17, 15) is 5.11 Å². The topological polar surface area (TPSA) is 20.2 Å². The molecule has 0 aromatic carbocycles. The summed E-state index contributed by atoms with van der Waals surface area (Å²) in [6.45, 7) is 11.6. The monoisotopic (exact) mass is 192 g/mol. The van der Waals surface area contributed by atoms with Crippen molar-refractivity contribution in [1.29, 1.82) is 0 Å². The molecule has 0 aliphatic rings. The third kappa shape index (κ3) is 3.44. The van der Waals surface area contributed by atoms with Crippen LogP contribution in [0.2, 0.25) is 0 Å². The Labute approximate surface area is 87.9 Å². The van der Waals surface area contributed by atoms with Crippen molar-refractivity contribution in [2.75, 3.05) is 0 Å². The van der Waals surface area contributed by atoms with E-state index in [0.717, 1.165) is 0 Å². The van der Waals surface area contributed by atoms with Crippen LogP contribution in [-0.4, -0.2) is 10.7 Å². The second-order valence-electron chi connectivity index (χ2n) is 5.60. The summed E-state index contributed by atoms with van der Waals surface area (Å²) in [4.78, 5) is 0. The molecule has 1 atom stereocenters. The molecule has 1 N–H and O–H groups in total. The van der Waals surface area contributed by atoms with E-state index in [1.807, 2.05) is 41.5 Å². The van der Waals surface area contributed by atoms with Crippen LogP contribution >= 0.6 is 0 Å². The minimum absolute atomic E-state index is 0.143. The van der Waals surface area contributed by atoms with Crippen LogP contribution in [0.5, 0.6) is 0 Å². The first kappa shape index (κ1) is 13.1. The Morgan fingerprint density at radius 1 is 0.929 bits per heavy atom. The van der Waals surface area contributed by atoms with Gasteiger partial charge in [-0.25, -0.2) is 0 Å². The van der Waals surface area contributed by atoms with Crippen molar-refractivity contribution in [3.05, 3.63) is 0 Å². The van der Waals surface area contributed by atoms with Gasteiger partial charge < -0.3 is 5.11 Å². The van der Waals surface area contributed by atoms with E-state index in [0.29, 0.717) is 0 Å². The van der Waals surface area contributed by atoms with Gasteiger partial charge in [-0.15, -0.1) is 6.42 Å². The molecule has 0 radical (unpaired) electrons. The molecular weight excluding hydrogens is 172 g/mol. The fourth-order valence-corrected chi connectivity index (χ4v) is 0.718. The standard InChI is InChI=1S/C13H20O/c1-8-13(14,12(5,6)7)10-9-11(2,3)4/h1,14H,2-7H3/t13-/m0/s1. The summed E-state index contributed by atoms with van der Waals surface area (Å²) in [5.74, 6) is 8.15. The minimum Gasteiger partial charge on any atom is -0.367 e. The van der Waals surface area contributed by atoms with Crippen molar-refractivity contribution < 1.29 is 5.11 Å². The van der Waals surface area contributed by atoms with Gasteiger partial charge in [0.15, 0.2) is 5.60 Å². The van der Waals surface area contributed by atoms with Crippen LogP contribution in [0.3, 0.4) is 0 Å². The van der Waals surface area contributed by atoms with Gasteiger partial charge in [0.1, 0.15) is 0 Å². The molecule has 0 fully saturated rings. The fraction of sp³-hybridized carbons (Fsp3) is 0.692. The van der Waals surface area contributed by atoms with Crippen LogP contribution in [0.4, 0.5) is 0 Å². The van der Waals surface area contributed by atoms with E-state index < -0.39 is 11.0 Å². The summed E-state index contributed by atoms with van der Waals surface area (Å²) in [7, 11) is 0. The fourth-order valence-electron chi connectivity index (χ4n) is 0.718. The quantitative estimate of drug-likeness (QED) is 0.584. The predicted octanol–water partition coefficient (Wildman–Crippen LogP) is 2.45. The van der Waals surface area contributed by atoms with Gasteiger partial charge in [0.2, 0.25) is 0 Å². The zero-order chi connectivity index (χ0) is 11.6. The highest BCUT2D eigenvalue weighted by atomic mass is 16.3. The van der Waals surface area contributed by atoms with Crippen molar-refractivity contribution in [3.63, 3.8) is 0 Å². The molecule has 1 heteroatoms. The largest absolute Gasteiger partial charge is 0.367 e. The smallest absolute Gasteiger partial charge is 0.192 e. The molecule has 0 rings (SSSR count). The summed E-state index contributed by atoms with van der Waals surface area (Å²) in [5.41, 5.74) is -1.92. The summed E-state index contributed by atoms with van der Waals surface area (Å²) < 4.78 is 0. The summed E-state index contributed by atoms with van der Waals surface area (Å²) >= 11 is 0. The Balaban J connectivity index is 5.12. The van der Waals surface area contributed by atoms with E-state index >= 15 is 0 Å². The SMILES string of the molecule is C#C[C@](O)(C#CC(C)(C)C)C(C)(C)C. The number of hydrogen-bond acceptors (Lipinski definition) is 1. The molecule has 78 valence electrons. The highest BCUT2D eigenvalue weighted by Gasteiger charge is 2.36. The van der Waals surface area contributed by atoms with Gasteiger partial charge in [0.05, 0.1) is 0 Å². The Morgan fingerprint density at radius 2 is 1.36 bits per heavy atom. The van der Waals surface area contributed by atoms with E-state index in [2.05, 4.69) is 17.8 Å². The Kier molecular flexibility index (Phi) is 3.44. The molecule has 14 heavy (non-hydrogen) atoms. The molecule has 0 aliphatic heterocycles. The predicted molar refractivity (Wildman–Crippen MR) is 60.5 cm³/mol. The molecule has 0 bridgehead atoms. The van der Waals surface area contributed by atoms with Crippen LogP contribution in [0.25, 0.3) is 0 Å². The van der Waals surface area contributed by atoms with Gasteiger partial charge in [-0.3, -0.25) is 0 Å². The maximum Gasteiger partial charge on any atom is 0.192 e. The first-order chi connectivity index (χ1) is 6.02. The lowest BCUT2D eigenvalue weighted by molar-refractivity contribution is 0.0488. The average molecular weight is 192 g/mol. The molecule has 0 saturated carbocycles. The zero-order valence-corrected chi connectivity index (χ0v) is 10.0. The van der Waals surface area contributed by atoms with Gasteiger partial charge in [-0.1, -0.05) is 38.5 Å². The molecule has 0 aromatic heterocycles. The third-order valence-electron chi connectivity index (χ3n) is 1.91. The maximum atomic E-state index is 10.1. The summed E-state index contributed by atoms with van der Waals surface area (Å²) in [6, 6.07) is 0. The van der Waals surface area contributed by atoms with Crippen LogP contribution in [0, 0.1) is 35.0 Å². The van der Waals surface area contributed by atoms with E-state index in [-0.39, 0.29) is 5.41 Å². The number of hydrogen-bond donors (Lipinski definition) is 1. The highest BCUT2D eigenvalue weighted by Crippen LogP contribution is 2.29. The average Bonchev–Trinajstić information content (AvgIpc) is 1.96. The molecular formula is C13H20O. The van der Waals surface area contributed by atoms with Crippen LogP contribution < -0.4 is 0 Å². The molecule has 0 unspecified atom stereocenters. The number of terminal acetylenes is 1. The molecule has 0 saturated heterocycles. The first-order valence-electron chi connectivity index (χ1n) is 4.76. The minimum atomic E-state index is -1.35. The maximum absolute atomic E-state index is 10.1. The lowest BCUT2D eigenvalue weighted by atomic mass is 9.77. The van der Waals surface area contributed by atoms with Crippen molar-refractivity contribution in [2.45, 2.75) is 47.1 Å². The van der Waals surface area contributed by atoms with Gasteiger partial charge in [0.25, 0.3) is 0 Å². The second kappa shape index (κ2) is 3.68. The van der Waals surface area contributed by atoms with Crippen LogP contribution in [0.1, 0.15) is 41.5 Å². The van der Waals surface area contributed by atoms with Crippen molar-refractivity contribution in [2.24, 2.45) is 10.8 Å². The summed E-state index contributed by atoms with van der Waals surface area (Å²) in [5, 5.41) is 10.1. The van der Waals surface area contributed by atoms with Crippen molar-refractivity contribution in [3.8, 4) is 24.2 Å². The van der Waals surface area contributed by atoms with E-state index in [1.165, 1.54) is 0 Å². The molecule has 0 aliphatic carbocycles. The molecule has 0 heterocycles. The molecule has 0 amide bonds. The summed E-state index contributed by atoms with van der Waals surface area (Å²) in [6.07, 6.45) is 5.32. The lowest BCUT2D eigenvalue weighted by Crippen LogP contribution is -2.40. The Bertz CT molecular complexity index is 295. The number of rotatable bonds is 0. The third-order valence-corrected chi connectivity index (χ3v) is 1.91. The van der Waals surface area contributed by atoms with E-state index in [4.69, 9.17) is 6.42 Å². The molecule has 0 spiro atoms. The molecule has 0 aromatic rings. The zero-order valence-electron chi connectivity index (χ0n) is 10.0. The molecule has 1 nitrogen and oxygen atoms in total. The van der Waals surface area contributed by atoms with Crippen molar-refractivity contribution >= 4 is 0 Å². The lowest BCUT2D eigenvalue weighted by Gasteiger charge is -2.31. The Hall–Kier alpha value is -0.920. The highest BCUT2D eigenvalue weighted by molar-refractivity contribution is 5.32. The van der Waals surface area contributed by atoms with Gasteiger partial charge in [-0.2, -0.15) is 0 Å². The van der Waals surface area contributed by atoms with Crippen LogP contribution in [-0.2, 0) is 0 Å². The number of aliphatic hydroxyl groups is 1.